The summed E-state index contributed by atoms with van der Waals surface area (Å²) in [5.41, 5.74) is 0.0616. The fourth-order valence-electron chi connectivity index (χ4n) is 1.75. The van der Waals surface area contributed by atoms with Crippen LogP contribution in [0.15, 0.2) is 12.1 Å². The van der Waals surface area contributed by atoms with E-state index in [1.807, 2.05) is 0 Å². The number of carbonyl (C=O) groups is 2. The van der Waals surface area contributed by atoms with E-state index in [1.54, 1.807) is 0 Å². The summed E-state index contributed by atoms with van der Waals surface area (Å²) < 4.78 is 4.93. The Hall–Kier alpha value is -2.11. The van der Waals surface area contributed by atoms with Gasteiger partial charge in [-0.2, -0.15) is 4.98 Å². The molecule has 1 aromatic rings. The molecule has 1 amide bonds. The number of ether oxygens (including phenoxy) is 1. The van der Waals surface area contributed by atoms with Crippen LogP contribution in [0.3, 0.4) is 0 Å². The van der Waals surface area contributed by atoms with Gasteiger partial charge in [0.05, 0.1) is 12.7 Å². The highest BCUT2D eigenvalue weighted by atomic mass is 16.5. The van der Waals surface area contributed by atoms with Crippen LogP contribution < -0.4 is 9.64 Å². The number of aromatic nitrogens is 1. The second-order valence-electron chi connectivity index (χ2n) is 3.71. The quantitative estimate of drug-likeness (QED) is 0.843. The number of carbonyl (C=O) groups excluding carboxylic acids is 1. The van der Waals surface area contributed by atoms with Crippen LogP contribution in [0.25, 0.3) is 0 Å². The lowest BCUT2D eigenvalue weighted by atomic mass is 10.2. The molecule has 1 N–H and O–H groups in total. The molecule has 6 heteroatoms. The van der Waals surface area contributed by atoms with Gasteiger partial charge in [0.2, 0.25) is 11.8 Å². The van der Waals surface area contributed by atoms with E-state index >= 15 is 0 Å². The number of methoxy groups -OCH3 is 1. The van der Waals surface area contributed by atoms with Crippen LogP contribution in [0, 0.1) is 0 Å². The van der Waals surface area contributed by atoms with E-state index in [-0.39, 0.29) is 17.4 Å². The zero-order valence-corrected chi connectivity index (χ0v) is 9.34. The van der Waals surface area contributed by atoms with Crippen LogP contribution in [0.1, 0.15) is 23.2 Å². The summed E-state index contributed by atoms with van der Waals surface area (Å²) >= 11 is 0. The molecule has 0 aliphatic carbocycles. The molecule has 6 nitrogen and oxygen atoms in total. The number of anilines is 1. The molecule has 1 fully saturated rings. The Kier molecular flexibility index (Phi) is 2.95. The third-order valence-electron chi connectivity index (χ3n) is 2.59. The van der Waals surface area contributed by atoms with Crippen molar-refractivity contribution in [2.75, 3.05) is 18.6 Å². The number of hydrogen-bond donors (Lipinski definition) is 1. The van der Waals surface area contributed by atoms with Crippen molar-refractivity contribution >= 4 is 17.7 Å². The number of amides is 1. The predicted octanol–water partition coefficient (Wildman–Crippen LogP) is 0.915. The molecule has 1 aliphatic heterocycles. The highest BCUT2D eigenvalue weighted by Gasteiger charge is 2.24. The number of hydrogen-bond acceptors (Lipinski definition) is 4. The van der Waals surface area contributed by atoms with Crippen molar-refractivity contribution < 1.29 is 19.4 Å². The van der Waals surface area contributed by atoms with Crippen molar-refractivity contribution in [1.29, 1.82) is 0 Å². The fraction of sp³-hybridized carbons (Fsp3) is 0.364. The van der Waals surface area contributed by atoms with E-state index in [2.05, 4.69) is 4.98 Å². The van der Waals surface area contributed by atoms with Gasteiger partial charge in [0.15, 0.2) is 0 Å². The Morgan fingerprint density at radius 2 is 2.29 bits per heavy atom. The zero-order valence-electron chi connectivity index (χ0n) is 9.34. The molecule has 0 aromatic carbocycles. The van der Waals surface area contributed by atoms with Crippen LogP contribution in [0.5, 0.6) is 5.88 Å². The van der Waals surface area contributed by atoms with Crippen molar-refractivity contribution in [2.24, 2.45) is 0 Å². The Labute approximate surface area is 97.8 Å². The molecule has 0 bridgehead atoms. The van der Waals surface area contributed by atoms with Crippen LogP contribution in [-0.2, 0) is 4.79 Å². The van der Waals surface area contributed by atoms with Gasteiger partial charge in [-0.3, -0.25) is 9.69 Å². The number of aromatic carboxylic acids is 1. The highest BCUT2D eigenvalue weighted by Crippen LogP contribution is 2.23. The van der Waals surface area contributed by atoms with E-state index in [0.717, 1.165) is 6.42 Å². The largest absolute Gasteiger partial charge is 0.481 e. The van der Waals surface area contributed by atoms with Crippen molar-refractivity contribution in [3.8, 4) is 5.88 Å². The maximum absolute atomic E-state index is 11.6. The average Bonchev–Trinajstić information content (AvgIpc) is 2.74. The molecule has 0 atom stereocenters. The number of pyridine rings is 1. The molecular weight excluding hydrogens is 224 g/mol. The summed E-state index contributed by atoms with van der Waals surface area (Å²) in [6.45, 7) is 0.568. The number of carboxylic acid groups (broad SMARTS) is 1. The minimum absolute atomic E-state index is 0.0397. The maximum Gasteiger partial charge on any atom is 0.336 e. The van der Waals surface area contributed by atoms with Crippen molar-refractivity contribution in [2.45, 2.75) is 12.8 Å². The first-order valence-electron chi connectivity index (χ1n) is 5.21. The van der Waals surface area contributed by atoms with Crippen molar-refractivity contribution in [1.82, 2.24) is 4.98 Å². The Morgan fingerprint density at radius 1 is 1.53 bits per heavy atom. The Bertz CT molecular complexity index is 473. The molecule has 1 saturated heterocycles. The summed E-state index contributed by atoms with van der Waals surface area (Å²) in [4.78, 5) is 28.1. The van der Waals surface area contributed by atoms with Gasteiger partial charge in [-0.25, -0.2) is 4.79 Å². The van der Waals surface area contributed by atoms with Gasteiger partial charge in [0.25, 0.3) is 0 Å². The molecule has 17 heavy (non-hydrogen) atoms. The Morgan fingerprint density at radius 3 is 2.82 bits per heavy atom. The van der Waals surface area contributed by atoms with E-state index in [4.69, 9.17) is 9.84 Å². The number of carboxylic acids is 1. The molecule has 0 spiro atoms. The third-order valence-corrected chi connectivity index (χ3v) is 2.59. The van der Waals surface area contributed by atoms with E-state index in [1.165, 1.54) is 24.1 Å². The molecule has 2 rings (SSSR count). The first-order chi connectivity index (χ1) is 8.11. The molecule has 0 unspecified atom stereocenters. The first kappa shape index (κ1) is 11.4. The topological polar surface area (TPSA) is 79.7 Å². The van der Waals surface area contributed by atoms with Gasteiger partial charge in [-0.15, -0.1) is 0 Å². The normalized spacial score (nSPS) is 15.1. The summed E-state index contributed by atoms with van der Waals surface area (Å²) in [6.07, 6.45) is 1.24. The van der Waals surface area contributed by atoms with E-state index in [0.29, 0.717) is 18.8 Å². The lowest BCUT2D eigenvalue weighted by Gasteiger charge is -2.15. The van der Waals surface area contributed by atoms with Gasteiger partial charge in [-0.05, 0) is 12.5 Å². The second kappa shape index (κ2) is 4.40. The molecule has 1 aromatic heterocycles. The monoisotopic (exact) mass is 236 g/mol. The summed E-state index contributed by atoms with van der Waals surface area (Å²) in [6, 6.07) is 2.71. The van der Waals surface area contributed by atoms with E-state index in [9.17, 15) is 9.59 Å². The van der Waals surface area contributed by atoms with Crippen molar-refractivity contribution in [3.63, 3.8) is 0 Å². The summed E-state index contributed by atoms with van der Waals surface area (Å²) in [5, 5.41) is 8.95. The molecule has 0 saturated carbocycles. The van der Waals surface area contributed by atoms with Gasteiger partial charge in [-0.1, -0.05) is 0 Å². The predicted molar refractivity (Wildman–Crippen MR) is 59.3 cm³/mol. The second-order valence-corrected chi connectivity index (χ2v) is 3.71. The number of rotatable bonds is 3. The number of nitrogens with zero attached hydrogens (tertiary/aromatic N) is 2. The molecular formula is C11H12N2O4. The SMILES string of the molecule is COc1cc(C(=O)O)cc(N2CCCC2=O)n1. The molecule has 1 aliphatic rings. The highest BCUT2D eigenvalue weighted by molar-refractivity contribution is 5.96. The smallest absolute Gasteiger partial charge is 0.336 e. The van der Waals surface area contributed by atoms with Crippen LogP contribution in [0.2, 0.25) is 0 Å². The molecule has 90 valence electrons. The van der Waals surface area contributed by atoms with Gasteiger partial charge in [0, 0.05) is 19.0 Å². The van der Waals surface area contributed by atoms with E-state index < -0.39 is 5.97 Å². The third kappa shape index (κ3) is 2.20. The van der Waals surface area contributed by atoms with Gasteiger partial charge < -0.3 is 9.84 Å². The van der Waals surface area contributed by atoms with Crippen LogP contribution >= 0.6 is 0 Å². The minimum Gasteiger partial charge on any atom is -0.481 e. The van der Waals surface area contributed by atoms with Crippen molar-refractivity contribution in [3.05, 3.63) is 17.7 Å². The summed E-state index contributed by atoms with van der Waals surface area (Å²) in [5.74, 6) is -0.579. The molecule has 0 radical (unpaired) electrons. The Balaban J connectivity index is 2.42. The summed E-state index contributed by atoms with van der Waals surface area (Å²) in [7, 11) is 1.41. The standard InChI is InChI=1S/C11H12N2O4/c1-17-9-6-7(11(15)16)5-8(12-9)13-4-2-3-10(13)14/h5-6H,2-4H2,1H3,(H,15,16). The fourth-order valence-corrected chi connectivity index (χ4v) is 1.75. The molecule has 2 heterocycles. The maximum atomic E-state index is 11.6. The first-order valence-corrected chi connectivity index (χ1v) is 5.21. The van der Waals surface area contributed by atoms with Gasteiger partial charge in [0.1, 0.15) is 5.82 Å². The van der Waals surface area contributed by atoms with Crippen LogP contribution in [0.4, 0.5) is 5.82 Å². The average molecular weight is 236 g/mol. The van der Waals surface area contributed by atoms with Gasteiger partial charge >= 0.3 is 5.97 Å². The lowest BCUT2D eigenvalue weighted by Crippen LogP contribution is -2.25. The zero-order chi connectivity index (χ0) is 12.4. The lowest BCUT2D eigenvalue weighted by molar-refractivity contribution is -0.117. The van der Waals surface area contributed by atoms with Crippen LogP contribution in [-0.4, -0.2) is 35.6 Å². The minimum atomic E-state index is -1.07.